The summed E-state index contributed by atoms with van der Waals surface area (Å²) in [5, 5.41) is 8.50. The Kier molecular flexibility index (Phi) is 5.03. The molecule has 1 N–H and O–H groups in total. The summed E-state index contributed by atoms with van der Waals surface area (Å²) in [5.74, 6) is 1.04. The number of hydrogen-bond donors (Lipinski definition) is 1. The molecular weight excluding hydrogens is 412 g/mol. The number of anilines is 2. The number of allylic oxidation sites excluding steroid dienone is 2. The van der Waals surface area contributed by atoms with Crippen LogP contribution in [0.25, 0.3) is 5.69 Å². The van der Waals surface area contributed by atoms with Gasteiger partial charge in [-0.05, 0) is 43.2 Å². The summed E-state index contributed by atoms with van der Waals surface area (Å²) in [6, 6.07) is 19.0. The molecule has 2 aromatic carbocycles. The number of Topliss-reactive ketones (excluding diaryl/α,β-unsaturated/α-hetero) is 1. The Morgan fingerprint density at radius 3 is 2.48 bits per heavy atom. The van der Waals surface area contributed by atoms with Crippen molar-refractivity contribution in [2.24, 2.45) is 5.92 Å². The summed E-state index contributed by atoms with van der Waals surface area (Å²) in [4.78, 5) is 15.6. The minimum atomic E-state index is -0.187. The predicted octanol–water partition coefficient (Wildman–Crippen LogP) is 4.44. The van der Waals surface area contributed by atoms with Crippen LogP contribution in [0.15, 0.2) is 66.4 Å². The molecule has 1 aliphatic carbocycles. The maximum Gasteiger partial charge on any atom is 0.143 e. The van der Waals surface area contributed by atoms with Gasteiger partial charge in [0.2, 0.25) is 0 Å². The molecule has 3 heterocycles. The maximum atomic E-state index is 13.2. The van der Waals surface area contributed by atoms with E-state index in [-0.39, 0.29) is 11.8 Å². The molecule has 0 radical (unpaired) electrons. The molecule has 6 nitrogen and oxygen atoms in total. The molecule has 168 valence electrons. The lowest BCUT2D eigenvalue weighted by molar-refractivity contribution is -0.122. The minimum Gasteiger partial charge on any atom is -0.378 e. The number of nitrogens with one attached hydrogen (secondary N) is 1. The van der Waals surface area contributed by atoms with Crippen LogP contribution in [0.1, 0.15) is 35.6 Å². The number of aryl methyl sites for hydroxylation is 1. The number of benzene rings is 2. The van der Waals surface area contributed by atoms with E-state index in [1.165, 1.54) is 5.69 Å². The zero-order valence-electron chi connectivity index (χ0n) is 18.8. The number of ether oxygens (including phenoxy) is 1. The first kappa shape index (κ1) is 20.2. The quantitative estimate of drug-likeness (QED) is 0.653. The van der Waals surface area contributed by atoms with E-state index in [2.05, 4.69) is 59.6 Å². The van der Waals surface area contributed by atoms with Gasteiger partial charge in [0.15, 0.2) is 0 Å². The largest absolute Gasteiger partial charge is 0.378 e. The third kappa shape index (κ3) is 3.45. The number of carbonyl (C=O) groups is 1. The van der Waals surface area contributed by atoms with Crippen molar-refractivity contribution in [2.45, 2.75) is 25.7 Å². The predicted molar refractivity (Wildman–Crippen MR) is 129 cm³/mol. The Labute approximate surface area is 193 Å². The van der Waals surface area contributed by atoms with Gasteiger partial charge in [-0.25, -0.2) is 4.68 Å². The van der Waals surface area contributed by atoms with E-state index in [9.17, 15) is 4.79 Å². The monoisotopic (exact) mass is 440 g/mol. The van der Waals surface area contributed by atoms with Crippen LogP contribution in [-0.4, -0.2) is 41.9 Å². The van der Waals surface area contributed by atoms with Gasteiger partial charge >= 0.3 is 0 Å². The molecule has 0 spiro atoms. The molecule has 3 aliphatic rings. The van der Waals surface area contributed by atoms with Crippen LogP contribution in [0.2, 0.25) is 0 Å². The molecule has 2 atom stereocenters. The van der Waals surface area contributed by atoms with Gasteiger partial charge in [-0.2, -0.15) is 5.10 Å². The summed E-state index contributed by atoms with van der Waals surface area (Å²) in [7, 11) is 0. The third-order valence-electron chi connectivity index (χ3n) is 7.08. The molecule has 33 heavy (non-hydrogen) atoms. The van der Waals surface area contributed by atoms with Crippen molar-refractivity contribution in [3.63, 3.8) is 0 Å². The molecule has 2 aliphatic heterocycles. The molecule has 1 fully saturated rings. The Balaban J connectivity index is 1.46. The molecule has 0 unspecified atom stereocenters. The number of ketones is 1. The van der Waals surface area contributed by atoms with Gasteiger partial charge in [-0.1, -0.05) is 36.4 Å². The first-order valence-corrected chi connectivity index (χ1v) is 11.8. The highest BCUT2D eigenvalue weighted by Crippen LogP contribution is 2.48. The van der Waals surface area contributed by atoms with Crippen molar-refractivity contribution in [3.8, 4) is 5.69 Å². The third-order valence-corrected chi connectivity index (χ3v) is 7.08. The maximum absolute atomic E-state index is 13.2. The molecule has 1 aromatic heterocycles. The lowest BCUT2D eigenvalue weighted by atomic mass is 9.71. The Hall–Kier alpha value is -3.38. The number of aromatic nitrogens is 2. The highest BCUT2D eigenvalue weighted by Gasteiger charge is 2.43. The van der Waals surface area contributed by atoms with Crippen molar-refractivity contribution in [3.05, 3.63) is 83.2 Å². The molecule has 6 heteroatoms. The van der Waals surface area contributed by atoms with Crippen molar-refractivity contribution >= 4 is 17.3 Å². The number of para-hydroxylation sites is 1. The lowest BCUT2D eigenvalue weighted by Crippen LogP contribution is -2.36. The highest BCUT2D eigenvalue weighted by molar-refractivity contribution is 5.89. The van der Waals surface area contributed by atoms with E-state index >= 15 is 0 Å². The number of fused-ring (bicyclic) bond motifs is 2. The first-order chi connectivity index (χ1) is 16.2. The van der Waals surface area contributed by atoms with Gasteiger partial charge in [0.05, 0.1) is 30.5 Å². The molecule has 0 amide bonds. The fourth-order valence-electron chi connectivity index (χ4n) is 5.48. The van der Waals surface area contributed by atoms with E-state index in [1.807, 2.05) is 22.9 Å². The highest BCUT2D eigenvalue weighted by atomic mass is 16.5. The van der Waals surface area contributed by atoms with Crippen molar-refractivity contribution in [1.82, 2.24) is 9.78 Å². The summed E-state index contributed by atoms with van der Waals surface area (Å²) >= 11 is 0. The van der Waals surface area contributed by atoms with Gasteiger partial charge in [-0.15, -0.1) is 0 Å². The summed E-state index contributed by atoms with van der Waals surface area (Å²) < 4.78 is 7.48. The summed E-state index contributed by atoms with van der Waals surface area (Å²) in [5.41, 5.74) is 6.47. The second kappa shape index (κ2) is 8.19. The number of morpholine rings is 1. The molecule has 0 bridgehead atoms. The molecule has 6 rings (SSSR count). The second-order valence-electron chi connectivity index (χ2n) is 9.03. The van der Waals surface area contributed by atoms with Gasteiger partial charge in [0.1, 0.15) is 11.6 Å². The number of hydrogen-bond acceptors (Lipinski definition) is 5. The molecule has 0 saturated carbocycles. The van der Waals surface area contributed by atoms with E-state index < -0.39 is 0 Å². The molecule has 1 saturated heterocycles. The zero-order valence-corrected chi connectivity index (χ0v) is 18.8. The fraction of sp³-hybridized carbons (Fsp3) is 0.333. The average Bonchev–Trinajstić information content (AvgIpc) is 3.20. The second-order valence-corrected chi connectivity index (χ2v) is 9.03. The standard InChI is InChI=1S/C27H28N4O2/c1-18-24-25(19-10-12-20(13-11-19)30-14-16-33-17-15-30)26-22(8-5-9-23(26)32)28-27(24)31(29-18)21-6-3-2-4-7-21/h2-4,6-8,10-13,25-26,28H,5,9,14-17H2,1H3/t25-,26+/m0/s1. The lowest BCUT2D eigenvalue weighted by Gasteiger charge is -2.37. The van der Waals surface area contributed by atoms with Gasteiger partial charge in [0.25, 0.3) is 0 Å². The molecule has 3 aromatic rings. The number of carbonyl (C=O) groups excluding carboxylic acids is 1. The van der Waals surface area contributed by atoms with Crippen LogP contribution < -0.4 is 10.2 Å². The van der Waals surface area contributed by atoms with E-state index in [0.29, 0.717) is 12.2 Å². The Morgan fingerprint density at radius 1 is 0.970 bits per heavy atom. The van der Waals surface area contributed by atoms with Crippen LogP contribution in [0.4, 0.5) is 11.5 Å². The van der Waals surface area contributed by atoms with Crippen molar-refractivity contribution < 1.29 is 9.53 Å². The van der Waals surface area contributed by atoms with Gasteiger partial charge < -0.3 is 15.0 Å². The van der Waals surface area contributed by atoms with Crippen LogP contribution >= 0.6 is 0 Å². The van der Waals surface area contributed by atoms with E-state index in [1.54, 1.807) is 0 Å². The zero-order chi connectivity index (χ0) is 22.4. The number of rotatable bonds is 3. The summed E-state index contributed by atoms with van der Waals surface area (Å²) in [6.07, 6.45) is 3.58. The van der Waals surface area contributed by atoms with Crippen molar-refractivity contribution in [1.29, 1.82) is 0 Å². The average molecular weight is 441 g/mol. The summed E-state index contributed by atoms with van der Waals surface area (Å²) in [6.45, 7) is 5.41. The van der Waals surface area contributed by atoms with Crippen LogP contribution in [-0.2, 0) is 9.53 Å². The minimum absolute atomic E-state index is 0.0449. The normalized spacial score (nSPS) is 22.3. The Morgan fingerprint density at radius 2 is 1.73 bits per heavy atom. The van der Waals surface area contributed by atoms with Crippen molar-refractivity contribution in [2.75, 3.05) is 36.5 Å². The first-order valence-electron chi connectivity index (χ1n) is 11.8. The number of nitrogens with zero attached hydrogens (tertiary/aromatic N) is 3. The van der Waals surface area contributed by atoms with E-state index in [0.717, 1.165) is 66.7 Å². The van der Waals surface area contributed by atoms with E-state index in [4.69, 9.17) is 9.84 Å². The topological polar surface area (TPSA) is 59.4 Å². The molecular formula is C27H28N4O2. The van der Waals surface area contributed by atoms with Crippen LogP contribution in [0.3, 0.4) is 0 Å². The Bertz CT molecular complexity index is 1210. The van der Waals surface area contributed by atoms with Gasteiger partial charge in [0, 0.05) is 42.4 Å². The van der Waals surface area contributed by atoms with Gasteiger partial charge in [-0.3, -0.25) is 4.79 Å². The fourth-order valence-corrected chi connectivity index (χ4v) is 5.48. The SMILES string of the molecule is Cc1nn(-c2ccccc2)c2c1[C@H](c1ccc(N3CCOCC3)cc1)[C@H]1C(=O)CCC=C1N2. The van der Waals surface area contributed by atoms with Crippen LogP contribution in [0.5, 0.6) is 0 Å². The smallest absolute Gasteiger partial charge is 0.143 e. The van der Waals surface area contributed by atoms with Crippen LogP contribution in [0, 0.1) is 12.8 Å².